The molecule has 0 amide bonds. The van der Waals surface area contributed by atoms with Gasteiger partial charge in [0.05, 0.1) is 13.2 Å². The molecule has 1 aromatic carbocycles. The van der Waals surface area contributed by atoms with Gasteiger partial charge in [0.25, 0.3) is 0 Å². The number of nitrogens with zero attached hydrogens (tertiary/aromatic N) is 1. The molecule has 1 N–H and O–H groups in total. The summed E-state index contributed by atoms with van der Waals surface area (Å²) in [4.78, 5) is 2.06. The maximum atomic E-state index is 13.3. The first-order valence-electron chi connectivity index (χ1n) is 4.92. The number of likely N-dealkylation sites (tertiary alicyclic amines) is 1. The van der Waals surface area contributed by atoms with Gasteiger partial charge in [-0.25, -0.2) is 4.39 Å². The molecule has 82 valence electrons. The van der Waals surface area contributed by atoms with Gasteiger partial charge in [-0.1, -0.05) is 6.07 Å². The molecular formula is C11H14FNO2. The number of aliphatic hydroxyl groups is 1. The van der Waals surface area contributed by atoms with E-state index in [0.717, 1.165) is 5.56 Å². The van der Waals surface area contributed by atoms with Crippen LogP contribution in [0.1, 0.15) is 5.56 Å². The third-order valence-electron chi connectivity index (χ3n) is 2.56. The Hall–Kier alpha value is -1.13. The molecule has 2 rings (SSSR count). The Labute approximate surface area is 88.1 Å². The first kappa shape index (κ1) is 10.4. The highest BCUT2D eigenvalue weighted by Crippen LogP contribution is 2.20. The lowest BCUT2D eigenvalue weighted by Crippen LogP contribution is -2.49. The number of β-amino-alcohol motifs (C(OH)–C–C–N with tert-alkyl or cyclic N) is 1. The summed E-state index contributed by atoms with van der Waals surface area (Å²) in [5.74, 6) is -0.0709. The van der Waals surface area contributed by atoms with Gasteiger partial charge < -0.3 is 9.84 Å². The van der Waals surface area contributed by atoms with Crippen molar-refractivity contribution < 1.29 is 14.2 Å². The lowest BCUT2D eigenvalue weighted by molar-refractivity contribution is -0.00291. The fourth-order valence-electron chi connectivity index (χ4n) is 1.74. The standard InChI is InChI=1S/C11H14FNO2/c1-15-11-3-2-8(4-10(11)12)5-13-6-9(14)7-13/h2-4,9,14H,5-7H2,1H3. The predicted molar refractivity (Wildman–Crippen MR) is 54.2 cm³/mol. The molecule has 1 aliphatic heterocycles. The molecule has 1 aliphatic rings. The zero-order valence-electron chi connectivity index (χ0n) is 8.61. The Bertz CT molecular complexity index is 350. The highest BCUT2D eigenvalue weighted by molar-refractivity contribution is 5.29. The van der Waals surface area contributed by atoms with Crippen LogP contribution in [0.2, 0.25) is 0 Å². The van der Waals surface area contributed by atoms with E-state index in [0.29, 0.717) is 19.6 Å². The fraction of sp³-hybridized carbons (Fsp3) is 0.455. The van der Waals surface area contributed by atoms with Crippen molar-refractivity contribution in [3.63, 3.8) is 0 Å². The van der Waals surface area contributed by atoms with Crippen LogP contribution >= 0.6 is 0 Å². The summed E-state index contributed by atoms with van der Waals surface area (Å²) in [6.45, 7) is 2.03. The monoisotopic (exact) mass is 211 g/mol. The van der Waals surface area contributed by atoms with E-state index < -0.39 is 0 Å². The quantitative estimate of drug-likeness (QED) is 0.810. The van der Waals surface area contributed by atoms with Gasteiger partial charge in [-0.15, -0.1) is 0 Å². The number of aliphatic hydroxyl groups excluding tert-OH is 1. The Morgan fingerprint density at radius 2 is 2.27 bits per heavy atom. The average molecular weight is 211 g/mol. The van der Waals surface area contributed by atoms with E-state index in [1.807, 2.05) is 6.07 Å². The van der Waals surface area contributed by atoms with E-state index in [1.54, 1.807) is 6.07 Å². The van der Waals surface area contributed by atoms with E-state index in [1.165, 1.54) is 13.2 Å². The maximum absolute atomic E-state index is 13.3. The molecule has 1 heterocycles. The predicted octanol–water partition coefficient (Wildman–Crippen LogP) is 1.01. The summed E-state index contributed by atoms with van der Waals surface area (Å²) in [5, 5.41) is 9.10. The van der Waals surface area contributed by atoms with Crippen molar-refractivity contribution in [2.75, 3.05) is 20.2 Å². The lowest BCUT2D eigenvalue weighted by atomic mass is 10.1. The van der Waals surface area contributed by atoms with Gasteiger partial charge in [0, 0.05) is 19.6 Å². The molecule has 0 unspecified atom stereocenters. The molecule has 0 aromatic heterocycles. The van der Waals surface area contributed by atoms with Crippen molar-refractivity contribution in [3.8, 4) is 5.75 Å². The molecule has 4 heteroatoms. The van der Waals surface area contributed by atoms with Gasteiger partial charge in [0.15, 0.2) is 11.6 Å². The summed E-state index contributed by atoms with van der Waals surface area (Å²) in [6, 6.07) is 4.94. The SMILES string of the molecule is COc1ccc(CN2CC(O)C2)cc1F. The zero-order chi connectivity index (χ0) is 10.8. The number of benzene rings is 1. The van der Waals surface area contributed by atoms with Crippen LogP contribution in [0.3, 0.4) is 0 Å². The van der Waals surface area contributed by atoms with Gasteiger partial charge in [0.2, 0.25) is 0 Å². The van der Waals surface area contributed by atoms with Crippen LogP contribution in [0.25, 0.3) is 0 Å². The molecule has 3 nitrogen and oxygen atoms in total. The summed E-state index contributed by atoms with van der Waals surface area (Å²) in [7, 11) is 1.45. The van der Waals surface area contributed by atoms with Gasteiger partial charge in [-0.05, 0) is 17.7 Å². The van der Waals surface area contributed by atoms with Gasteiger partial charge in [-0.3, -0.25) is 4.90 Å². The van der Waals surface area contributed by atoms with Gasteiger partial charge >= 0.3 is 0 Å². The third kappa shape index (κ3) is 2.27. The normalized spacial score (nSPS) is 17.5. The van der Waals surface area contributed by atoms with Gasteiger partial charge in [0.1, 0.15) is 0 Å². The zero-order valence-corrected chi connectivity index (χ0v) is 8.61. The topological polar surface area (TPSA) is 32.7 Å². The molecule has 0 spiro atoms. The number of methoxy groups -OCH3 is 1. The summed E-state index contributed by atoms with van der Waals surface area (Å²) in [6.07, 6.45) is -0.215. The minimum atomic E-state index is -0.337. The number of hydrogen-bond donors (Lipinski definition) is 1. The van der Waals surface area contributed by atoms with Crippen molar-refractivity contribution >= 4 is 0 Å². The molecule has 15 heavy (non-hydrogen) atoms. The fourth-order valence-corrected chi connectivity index (χ4v) is 1.74. The maximum Gasteiger partial charge on any atom is 0.165 e. The number of ether oxygens (including phenoxy) is 1. The van der Waals surface area contributed by atoms with E-state index in [-0.39, 0.29) is 17.7 Å². The van der Waals surface area contributed by atoms with Crippen molar-refractivity contribution in [2.24, 2.45) is 0 Å². The second kappa shape index (κ2) is 4.16. The van der Waals surface area contributed by atoms with Crippen LogP contribution in [-0.2, 0) is 6.54 Å². The van der Waals surface area contributed by atoms with Crippen molar-refractivity contribution in [1.29, 1.82) is 0 Å². The smallest absolute Gasteiger partial charge is 0.165 e. The minimum absolute atomic E-state index is 0.215. The number of halogens is 1. The molecule has 0 atom stereocenters. The molecule has 1 saturated heterocycles. The first-order valence-corrected chi connectivity index (χ1v) is 4.92. The summed E-state index contributed by atoms with van der Waals surface area (Å²) >= 11 is 0. The van der Waals surface area contributed by atoms with Crippen LogP contribution in [0, 0.1) is 5.82 Å². The number of rotatable bonds is 3. The summed E-state index contributed by atoms with van der Waals surface area (Å²) < 4.78 is 18.1. The summed E-state index contributed by atoms with van der Waals surface area (Å²) in [5.41, 5.74) is 0.903. The third-order valence-corrected chi connectivity index (χ3v) is 2.56. The Morgan fingerprint density at radius 1 is 1.53 bits per heavy atom. The second-order valence-electron chi connectivity index (χ2n) is 3.82. The highest BCUT2D eigenvalue weighted by atomic mass is 19.1. The van der Waals surface area contributed by atoms with Crippen LogP contribution in [-0.4, -0.2) is 36.3 Å². The minimum Gasteiger partial charge on any atom is -0.494 e. The van der Waals surface area contributed by atoms with Crippen molar-refractivity contribution in [1.82, 2.24) is 4.90 Å². The Kier molecular flexibility index (Phi) is 2.88. The largest absolute Gasteiger partial charge is 0.494 e. The molecule has 0 bridgehead atoms. The molecule has 0 saturated carbocycles. The molecule has 0 aliphatic carbocycles. The first-order chi connectivity index (χ1) is 7.19. The van der Waals surface area contributed by atoms with E-state index in [4.69, 9.17) is 9.84 Å². The molecule has 1 aromatic rings. The second-order valence-corrected chi connectivity index (χ2v) is 3.82. The van der Waals surface area contributed by atoms with Crippen molar-refractivity contribution in [2.45, 2.75) is 12.6 Å². The Morgan fingerprint density at radius 3 is 2.80 bits per heavy atom. The van der Waals surface area contributed by atoms with Crippen molar-refractivity contribution in [3.05, 3.63) is 29.6 Å². The lowest BCUT2D eigenvalue weighted by Gasteiger charge is -2.35. The van der Waals surface area contributed by atoms with E-state index in [9.17, 15) is 4.39 Å². The van der Waals surface area contributed by atoms with Crippen LogP contribution < -0.4 is 4.74 Å². The van der Waals surface area contributed by atoms with Crippen LogP contribution in [0.4, 0.5) is 4.39 Å². The van der Waals surface area contributed by atoms with Gasteiger partial charge in [-0.2, -0.15) is 0 Å². The molecule has 0 radical (unpaired) electrons. The van der Waals surface area contributed by atoms with E-state index >= 15 is 0 Å². The van der Waals surface area contributed by atoms with Crippen LogP contribution in [0.5, 0.6) is 5.75 Å². The Balaban J connectivity index is 2.00. The average Bonchev–Trinajstić information content (AvgIpc) is 2.16. The molecule has 1 fully saturated rings. The van der Waals surface area contributed by atoms with E-state index in [2.05, 4.69) is 4.90 Å². The van der Waals surface area contributed by atoms with Crippen LogP contribution in [0.15, 0.2) is 18.2 Å². The number of hydrogen-bond acceptors (Lipinski definition) is 3. The highest BCUT2D eigenvalue weighted by Gasteiger charge is 2.24. The molecular weight excluding hydrogens is 197 g/mol.